The Kier molecular flexibility index (Phi) is 2.02. The van der Waals surface area contributed by atoms with Crippen molar-refractivity contribution in [2.24, 2.45) is 0 Å². The third-order valence-corrected chi connectivity index (χ3v) is 1.96. The van der Waals surface area contributed by atoms with Crippen LogP contribution in [0.1, 0.15) is 0 Å². The highest BCUT2D eigenvalue weighted by atomic mass is 79.9. The molecule has 1 aromatic heterocycles. The number of benzene rings is 1. The Balaban J connectivity index is 2.52. The molecule has 2 N–H and O–H groups in total. The number of phenols is 1. The molecule has 0 fully saturated rings. The van der Waals surface area contributed by atoms with Gasteiger partial charge >= 0.3 is 0 Å². The van der Waals surface area contributed by atoms with Gasteiger partial charge in [-0.3, -0.25) is 5.10 Å². The van der Waals surface area contributed by atoms with Crippen molar-refractivity contribution >= 4 is 15.9 Å². The van der Waals surface area contributed by atoms with Crippen LogP contribution in [-0.4, -0.2) is 20.3 Å². The lowest BCUT2D eigenvalue weighted by atomic mass is 10.2. The van der Waals surface area contributed by atoms with Crippen LogP contribution in [-0.2, 0) is 0 Å². The number of aromatic nitrogens is 3. The Morgan fingerprint density at radius 2 is 2.08 bits per heavy atom. The molecule has 0 unspecified atom stereocenters. The Bertz CT molecular complexity index is 427. The predicted molar refractivity (Wildman–Crippen MR) is 51.2 cm³/mol. The monoisotopic (exact) mass is 239 g/mol. The van der Waals surface area contributed by atoms with Crippen molar-refractivity contribution in [2.75, 3.05) is 0 Å². The molecule has 0 spiro atoms. The van der Waals surface area contributed by atoms with Gasteiger partial charge in [0.25, 0.3) is 0 Å². The highest BCUT2D eigenvalue weighted by Crippen LogP contribution is 2.25. The van der Waals surface area contributed by atoms with E-state index in [1.54, 1.807) is 18.2 Å². The molecule has 1 heterocycles. The summed E-state index contributed by atoms with van der Waals surface area (Å²) >= 11 is 3.14. The van der Waals surface area contributed by atoms with Crippen LogP contribution in [0.2, 0.25) is 0 Å². The summed E-state index contributed by atoms with van der Waals surface area (Å²) in [6.07, 6.45) is 0. The molecule has 13 heavy (non-hydrogen) atoms. The van der Waals surface area contributed by atoms with E-state index in [1.807, 2.05) is 6.07 Å². The zero-order valence-corrected chi connectivity index (χ0v) is 8.12. The first-order chi connectivity index (χ1) is 6.27. The van der Waals surface area contributed by atoms with Crippen molar-refractivity contribution < 1.29 is 5.11 Å². The molecule has 5 heteroatoms. The zero-order chi connectivity index (χ0) is 9.26. The molecule has 2 aromatic rings. The Morgan fingerprint density at radius 3 is 2.69 bits per heavy atom. The fraction of sp³-hybridized carbons (Fsp3) is 0. The molecule has 0 atom stereocenters. The van der Waals surface area contributed by atoms with Gasteiger partial charge in [-0.05, 0) is 28.1 Å². The summed E-state index contributed by atoms with van der Waals surface area (Å²) in [5, 5.41) is 16.0. The molecule has 0 aliphatic rings. The number of nitrogens with one attached hydrogen (secondary N) is 1. The van der Waals surface area contributed by atoms with Crippen molar-refractivity contribution in [3.63, 3.8) is 0 Å². The number of hydrogen-bond donors (Lipinski definition) is 2. The van der Waals surface area contributed by atoms with Crippen LogP contribution in [0.25, 0.3) is 11.4 Å². The fourth-order valence-electron chi connectivity index (χ4n) is 1.03. The molecule has 0 radical (unpaired) electrons. The van der Waals surface area contributed by atoms with Gasteiger partial charge in [0.05, 0.1) is 5.56 Å². The second-order valence-electron chi connectivity index (χ2n) is 2.47. The van der Waals surface area contributed by atoms with E-state index in [0.29, 0.717) is 16.1 Å². The summed E-state index contributed by atoms with van der Waals surface area (Å²) in [6, 6.07) is 6.92. The lowest BCUT2D eigenvalue weighted by Gasteiger charge is -1.96. The minimum absolute atomic E-state index is 0.175. The topological polar surface area (TPSA) is 61.8 Å². The number of nitrogens with zero attached hydrogens (tertiary/aromatic N) is 2. The molecule has 0 bridgehead atoms. The van der Waals surface area contributed by atoms with Gasteiger partial charge in [0.2, 0.25) is 0 Å². The number of halogens is 1. The van der Waals surface area contributed by atoms with Gasteiger partial charge in [0, 0.05) is 0 Å². The number of H-pyrrole nitrogens is 1. The molecular weight excluding hydrogens is 234 g/mol. The van der Waals surface area contributed by atoms with Gasteiger partial charge in [0.15, 0.2) is 10.6 Å². The quantitative estimate of drug-likeness (QED) is 0.800. The molecule has 66 valence electrons. The van der Waals surface area contributed by atoms with Crippen LogP contribution in [0.3, 0.4) is 0 Å². The third kappa shape index (κ3) is 1.55. The summed E-state index contributed by atoms with van der Waals surface area (Å²) in [4.78, 5) is 4.03. The Labute approximate surface area is 82.8 Å². The second kappa shape index (κ2) is 3.18. The minimum Gasteiger partial charge on any atom is -0.507 e. The Hall–Kier alpha value is -1.36. The molecular formula is C8H6BrN3O. The lowest BCUT2D eigenvalue weighted by molar-refractivity contribution is 0.477. The van der Waals surface area contributed by atoms with Crippen LogP contribution >= 0.6 is 15.9 Å². The van der Waals surface area contributed by atoms with E-state index < -0.39 is 0 Å². The van der Waals surface area contributed by atoms with E-state index >= 15 is 0 Å². The van der Waals surface area contributed by atoms with Gasteiger partial charge < -0.3 is 5.11 Å². The van der Waals surface area contributed by atoms with Crippen LogP contribution < -0.4 is 0 Å². The first-order valence-electron chi connectivity index (χ1n) is 3.63. The maximum absolute atomic E-state index is 9.46. The number of aromatic amines is 1. The van der Waals surface area contributed by atoms with E-state index in [0.717, 1.165) is 0 Å². The van der Waals surface area contributed by atoms with Gasteiger partial charge in [-0.2, -0.15) is 5.10 Å². The number of hydrogen-bond acceptors (Lipinski definition) is 3. The smallest absolute Gasteiger partial charge is 0.193 e. The van der Waals surface area contributed by atoms with Crippen molar-refractivity contribution in [3.8, 4) is 17.1 Å². The number of phenolic OH excluding ortho intramolecular Hbond substituents is 1. The van der Waals surface area contributed by atoms with Crippen molar-refractivity contribution in [1.29, 1.82) is 0 Å². The van der Waals surface area contributed by atoms with E-state index in [2.05, 4.69) is 31.1 Å². The standard InChI is InChI=1S/C8H6BrN3O/c9-8-10-7(11-12-8)5-3-1-2-4-6(5)13/h1-4,13H,(H,10,11,12). The van der Waals surface area contributed by atoms with Crippen molar-refractivity contribution in [3.05, 3.63) is 29.0 Å². The van der Waals surface area contributed by atoms with Gasteiger partial charge in [-0.1, -0.05) is 12.1 Å². The average Bonchev–Trinajstić information content (AvgIpc) is 2.53. The first-order valence-corrected chi connectivity index (χ1v) is 4.43. The molecule has 1 aromatic carbocycles. The van der Waals surface area contributed by atoms with E-state index in [-0.39, 0.29) is 5.75 Å². The second-order valence-corrected chi connectivity index (χ2v) is 3.22. The van der Waals surface area contributed by atoms with Gasteiger partial charge in [-0.15, -0.1) is 0 Å². The first kappa shape index (κ1) is 8.25. The highest BCUT2D eigenvalue weighted by Gasteiger charge is 2.07. The molecule has 0 aliphatic carbocycles. The van der Waals surface area contributed by atoms with Crippen molar-refractivity contribution in [1.82, 2.24) is 15.2 Å². The SMILES string of the molecule is Oc1ccccc1-c1n[nH]c(Br)n1. The summed E-state index contributed by atoms with van der Waals surface area (Å²) in [6.45, 7) is 0. The largest absolute Gasteiger partial charge is 0.507 e. The average molecular weight is 240 g/mol. The number of para-hydroxylation sites is 1. The maximum Gasteiger partial charge on any atom is 0.193 e. The van der Waals surface area contributed by atoms with Crippen LogP contribution in [0.5, 0.6) is 5.75 Å². The summed E-state index contributed by atoms with van der Waals surface area (Å²) in [5.41, 5.74) is 0.615. The summed E-state index contributed by atoms with van der Waals surface area (Å²) < 4.78 is 0.547. The number of rotatable bonds is 1. The highest BCUT2D eigenvalue weighted by molar-refractivity contribution is 9.10. The van der Waals surface area contributed by atoms with E-state index in [4.69, 9.17) is 0 Å². The molecule has 2 rings (SSSR count). The maximum atomic E-state index is 9.46. The fourth-order valence-corrected chi connectivity index (χ4v) is 1.28. The normalized spacial score (nSPS) is 10.2. The summed E-state index contributed by atoms with van der Waals surface area (Å²) in [7, 11) is 0. The predicted octanol–water partition coefficient (Wildman–Crippen LogP) is 1.94. The Morgan fingerprint density at radius 1 is 1.31 bits per heavy atom. The molecule has 0 aliphatic heterocycles. The molecule has 0 amide bonds. The van der Waals surface area contributed by atoms with Crippen LogP contribution in [0, 0.1) is 0 Å². The third-order valence-electron chi connectivity index (χ3n) is 1.60. The van der Waals surface area contributed by atoms with E-state index in [9.17, 15) is 5.11 Å². The van der Waals surface area contributed by atoms with Gasteiger partial charge in [0.1, 0.15) is 5.75 Å². The van der Waals surface area contributed by atoms with Crippen LogP contribution in [0.4, 0.5) is 0 Å². The van der Waals surface area contributed by atoms with Crippen molar-refractivity contribution in [2.45, 2.75) is 0 Å². The minimum atomic E-state index is 0.175. The molecule has 0 saturated carbocycles. The molecule has 0 saturated heterocycles. The molecule has 4 nitrogen and oxygen atoms in total. The zero-order valence-electron chi connectivity index (χ0n) is 6.53. The number of aromatic hydroxyl groups is 1. The van der Waals surface area contributed by atoms with E-state index in [1.165, 1.54) is 0 Å². The van der Waals surface area contributed by atoms with Crippen LogP contribution in [0.15, 0.2) is 29.0 Å². The lowest BCUT2D eigenvalue weighted by Crippen LogP contribution is -1.80. The van der Waals surface area contributed by atoms with Gasteiger partial charge in [-0.25, -0.2) is 4.98 Å². The summed E-state index contributed by atoms with van der Waals surface area (Å²) in [5.74, 6) is 0.652.